The van der Waals surface area contributed by atoms with Gasteiger partial charge in [-0.05, 0) is 18.2 Å². The highest BCUT2D eigenvalue weighted by Crippen LogP contribution is 2.24. The maximum atomic E-state index is 10.6. The molecule has 0 radical (unpaired) electrons. The predicted molar refractivity (Wildman–Crippen MR) is 71.6 cm³/mol. The van der Waals surface area contributed by atoms with Crippen LogP contribution in [-0.4, -0.2) is 15.9 Å². The number of hydrogen-bond donors (Lipinski definition) is 2. The van der Waals surface area contributed by atoms with E-state index in [1.165, 1.54) is 12.1 Å². The summed E-state index contributed by atoms with van der Waals surface area (Å²) in [4.78, 5) is 14.1. The van der Waals surface area contributed by atoms with Crippen molar-refractivity contribution >= 4 is 17.2 Å². The molecule has 0 heterocycles. The summed E-state index contributed by atoms with van der Waals surface area (Å²) in [6.07, 6.45) is 0. The Kier molecular flexibility index (Phi) is 3.42. The molecule has 0 aromatic heterocycles. The molecule has 0 amide bonds. The molecule has 3 N–H and O–H groups in total. The molecule has 0 aliphatic rings. The summed E-state index contributed by atoms with van der Waals surface area (Å²) in [7, 11) is 0. The molecule has 0 fully saturated rings. The number of aliphatic imine (C=N–C) groups is 1. The summed E-state index contributed by atoms with van der Waals surface area (Å²) in [6, 6.07) is 12.7. The lowest BCUT2D eigenvalue weighted by Crippen LogP contribution is -2.13. The molecule has 0 unspecified atom stereocenters. The van der Waals surface area contributed by atoms with Gasteiger partial charge in [-0.2, -0.15) is 0 Å². The van der Waals surface area contributed by atoms with E-state index in [-0.39, 0.29) is 22.8 Å². The number of benzene rings is 2. The van der Waals surface area contributed by atoms with Crippen molar-refractivity contribution in [2.24, 2.45) is 10.7 Å². The van der Waals surface area contributed by atoms with E-state index in [2.05, 4.69) is 4.99 Å². The molecule has 0 spiro atoms. The second kappa shape index (κ2) is 5.18. The number of nitro groups is 1. The van der Waals surface area contributed by atoms with E-state index < -0.39 is 4.92 Å². The summed E-state index contributed by atoms with van der Waals surface area (Å²) < 4.78 is 0. The molecular weight excluding hydrogens is 246 g/mol. The number of nitrogens with zero attached hydrogens (tertiary/aromatic N) is 2. The van der Waals surface area contributed by atoms with Crippen LogP contribution in [0.4, 0.5) is 11.4 Å². The normalized spacial score (nSPS) is 11.3. The van der Waals surface area contributed by atoms with Gasteiger partial charge >= 0.3 is 0 Å². The maximum absolute atomic E-state index is 10.6. The Morgan fingerprint density at radius 2 is 1.89 bits per heavy atom. The van der Waals surface area contributed by atoms with E-state index in [1.807, 2.05) is 18.2 Å². The highest BCUT2D eigenvalue weighted by molar-refractivity contribution is 6.01. The lowest BCUT2D eigenvalue weighted by Gasteiger charge is -2.04. The first-order valence-electron chi connectivity index (χ1n) is 5.45. The molecule has 0 bridgehead atoms. The number of para-hydroxylation sites is 1. The first-order chi connectivity index (χ1) is 9.08. The zero-order valence-electron chi connectivity index (χ0n) is 9.85. The fourth-order valence-electron chi connectivity index (χ4n) is 1.55. The standard InChI is InChI=1S/C13H11N3O3/c14-13(15-9-4-2-1-3-5-9)11-7-6-10(16(18)19)8-12(11)17/h1-8,17H,(H2,14,15). The van der Waals surface area contributed by atoms with Crippen LogP contribution >= 0.6 is 0 Å². The van der Waals surface area contributed by atoms with Crippen LogP contribution in [0, 0.1) is 10.1 Å². The van der Waals surface area contributed by atoms with Crippen molar-refractivity contribution in [3.63, 3.8) is 0 Å². The monoisotopic (exact) mass is 257 g/mol. The van der Waals surface area contributed by atoms with Crippen LogP contribution in [0.2, 0.25) is 0 Å². The smallest absolute Gasteiger partial charge is 0.273 e. The van der Waals surface area contributed by atoms with Gasteiger partial charge < -0.3 is 10.8 Å². The van der Waals surface area contributed by atoms with Gasteiger partial charge in [0.15, 0.2) is 0 Å². The molecule has 19 heavy (non-hydrogen) atoms. The fourth-order valence-corrected chi connectivity index (χ4v) is 1.55. The number of rotatable bonds is 3. The van der Waals surface area contributed by atoms with Gasteiger partial charge in [0.1, 0.15) is 11.6 Å². The highest BCUT2D eigenvalue weighted by atomic mass is 16.6. The lowest BCUT2D eigenvalue weighted by atomic mass is 10.1. The third kappa shape index (κ3) is 2.86. The molecule has 0 atom stereocenters. The number of amidine groups is 1. The van der Waals surface area contributed by atoms with Crippen molar-refractivity contribution in [1.29, 1.82) is 0 Å². The SMILES string of the molecule is NC(=Nc1ccccc1)c1ccc([N+](=O)[O-])cc1O. The van der Waals surface area contributed by atoms with Crippen molar-refractivity contribution in [1.82, 2.24) is 0 Å². The molecule has 0 saturated carbocycles. The van der Waals surface area contributed by atoms with E-state index in [4.69, 9.17) is 5.73 Å². The molecular formula is C13H11N3O3. The minimum atomic E-state index is -0.589. The number of hydrogen-bond acceptors (Lipinski definition) is 4. The van der Waals surface area contributed by atoms with Gasteiger partial charge in [0.2, 0.25) is 0 Å². The number of non-ortho nitro benzene ring substituents is 1. The Bertz CT molecular complexity index is 639. The van der Waals surface area contributed by atoms with Gasteiger partial charge in [-0.25, -0.2) is 4.99 Å². The van der Waals surface area contributed by atoms with Crippen LogP contribution < -0.4 is 5.73 Å². The summed E-state index contributed by atoms with van der Waals surface area (Å²) in [5.74, 6) is -0.176. The molecule has 2 aromatic rings. The van der Waals surface area contributed by atoms with Crippen LogP contribution in [0.15, 0.2) is 53.5 Å². The Labute approximate surface area is 109 Å². The molecule has 0 aliphatic carbocycles. The lowest BCUT2D eigenvalue weighted by molar-refractivity contribution is -0.384. The van der Waals surface area contributed by atoms with Crippen LogP contribution in [0.3, 0.4) is 0 Å². The molecule has 96 valence electrons. The van der Waals surface area contributed by atoms with Crippen LogP contribution in [0.5, 0.6) is 5.75 Å². The molecule has 2 aromatic carbocycles. The maximum Gasteiger partial charge on any atom is 0.273 e. The summed E-state index contributed by atoms with van der Waals surface area (Å²) in [5, 5.41) is 20.3. The second-order valence-corrected chi connectivity index (χ2v) is 3.79. The summed E-state index contributed by atoms with van der Waals surface area (Å²) in [6.45, 7) is 0. The van der Waals surface area contributed by atoms with E-state index in [1.54, 1.807) is 12.1 Å². The number of phenols is 1. The zero-order chi connectivity index (χ0) is 13.8. The van der Waals surface area contributed by atoms with Gasteiger partial charge in [-0.15, -0.1) is 0 Å². The Morgan fingerprint density at radius 3 is 2.47 bits per heavy atom. The van der Waals surface area contributed by atoms with E-state index >= 15 is 0 Å². The Morgan fingerprint density at radius 1 is 1.21 bits per heavy atom. The summed E-state index contributed by atoms with van der Waals surface area (Å²) >= 11 is 0. The second-order valence-electron chi connectivity index (χ2n) is 3.79. The highest BCUT2D eigenvalue weighted by Gasteiger charge is 2.12. The quantitative estimate of drug-likeness (QED) is 0.381. The average Bonchev–Trinajstić information content (AvgIpc) is 2.39. The number of aromatic hydroxyl groups is 1. The molecule has 2 rings (SSSR count). The zero-order valence-corrected chi connectivity index (χ0v) is 9.85. The molecule has 0 saturated heterocycles. The number of nitro benzene ring substituents is 1. The van der Waals surface area contributed by atoms with E-state index in [0.717, 1.165) is 6.07 Å². The van der Waals surface area contributed by atoms with Crippen molar-refractivity contribution in [3.05, 3.63) is 64.2 Å². The number of nitrogens with two attached hydrogens (primary N) is 1. The van der Waals surface area contributed by atoms with E-state index in [0.29, 0.717) is 5.69 Å². The third-order valence-electron chi connectivity index (χ3n) is 2.47. The van der Waals surface area contributed by atoms with Crippen molar-refractivity contribution in [2.75, 3.05) is 0 Å². The van der Waals surface area contributed by atoms with Gasteiger partial charge in [-0.1, -0.05) is 18.2 Å². The van der Waals surface area contributed by atoms with Gasteiger partial charge in [0.05, 0.1) is 22.2 Å². The third-order valence-corrected chi connectivity index (χ3v) is 2.47. The van der Waals surface area contributed by atoms with Crippen molar-refractivity contribution in [3.8, 4) is 5.75 Å². The minimum Gasteiger partial charge on any atom is -0.507 e. The predicted octanol–water partition coefficient (Wildman–Crippen LogP) is 2.34. The minimum absolute atomic E-state index is 0.0959. The Balaban J connectivity index is 2.37. The first-order valence-corrected chi connectivity index (χ1v) is 5.45. The van der Waals surface area contributed by atoms with Gasteiger partial charge in [0, 0.05) is 6.07 Å². The van der Waals surface area contributed by atoms with Crippen molar-refractivity contribution < 1.29 is 10.0 Å². The largest absolute Gasteiger partial charge is 0.507 e. The fraction of sp³-hybridized carbons (Fsp3) is 0. The van der Waals surface area contributed by atoms with E-state index in [9.17, 15) is 15.2 Å². The van der Waals surface area contributed by atoms with Crippen LogP contribution in [0.25, 0.3) is 0 Å². The van der Waals surface area contributed by atoms with Crippen LogP contribution in [-0.2, 0) is 0 Å². The van der Waals surface area contributed by atoms with Gasteiger partial charge in [0.25, 0.3) is 5.69 Å². The van der Waals surface area contributed by atoms with Gasteiger partial charge in [-0.3, -0.25) is 10.1 Å². The topological polar surface area (TPSA) is 102 Å². The first kappa shape index (κ1) is 12.6. The Hall–Kier alpha value is -2.89. The molecule has 0 aliphatic heterocycles. The average molecular weight is 257 g/mol. The van der Waals surface area contributed by atoms with Crippen LogP contribution in [0.1, 0.15) is 5.56 Å². The number of phenolic OH excluding ortho intramolecular Hbond substituents is 1. The molecule has 6 nitrogen and oxygen atoms in total. The van der Waals surface area contributed by atoms with Crippen molar-refractivity contribution in [2.45, 2.75) is 0 Å². The molecule has 6 heteroatoms. The summed E-state index contributed by atoms with van der Waals surface area (Å²) in [5.41, 5.74) is 6.47.